The molecule has 0 saturated carbocycles. The summed E-state index contributed by atoms with van der Waals surface area (Å²) < 4.78 is 0. The average Bonchev–Trinajstić information content (AvgIpc) is 2.73. The molecule has 0 radical (unpaired) electrons. The molecule has 28 heavy (non-hydrogen) atoms. The quantitative estimate of drug-likeness (QED) is 0.258. The number of hydrogen-bond acceptors (Lipinski definition) is 5. The number of quaternary nitrogens is 1. The normalized spacial score (nSPS) is 12.6. The Hall–Kier alpha value is -2.97. The number of Topliss-reactive ketones (excluding diaryl/α,β-unsaturated/α-hetero) is 1. The van der Waals surface area contributed by atoms with E-state index in [4.69, 9.17) is 10.9 Å². The van der Waals surface area contributed by atoms with Gasteiger partial charge in [0.15, 0.2) is 16.6 Å². The van der Waals surface area contributed by atoms with Crippen molar-refractivity contribution in [3.05, 3.63) is 89.6 Å². The first kappa shape index (κ1) is 19.8. The van der Waals surface area contributed by atoms with Gasteiger partial charge in [-0.1, -0.05) is 72.4 Å². The van der Waals surface area contributed by atoms with E-state index < -0.39 is 5.23 Å². The molecule has 142 valence electrons. The topological polar surface area (TPSA) is 103 Å². The van der Waals surface area contributed by atoms with Gasteiger partial charge in [-0.05, 0) is 17.2 Å². The lowest BCUT2D eigenvalue weighted by atomic mass is 10.0. The van der Waals surface area contributed by atoms with Crippen LogP contribution >= 0.6 is 11.8 Å². The molecule has 7 heteroatoms. The molecule has 1 unspecified atom stereocenters. The van der Waals surface area contributed by atoms with Gasteiger partial charge in [0.1, 0.15) is 0 Å². The van der Waals surface area contributed by atoms with Gasteiger partial charge in [-0.25, -0.2) is 10.2 Å². The number of amidine groups is 1. The Morgan fingerprint density at radius 1 is 1.00 bits per heavy atom. The van der Waals surface area contributed by atoms with E-state index in [1.165, 1.54) is 12.1 Å². The zero-order valence-electron chi connectivity index (χ0n) is 14.9. The summed E-state index contributed by atoms with van der Waals surface area (Å²) in [6, 6.07) is 23.5. The Morgan fingerprint density at radius 2 is 1.68 bits per heavy atom. The van der Waals surface area contributed by atoms with Crippen LogP contribution in [0.2, 0.25) is 0 Å². The third-order valence-corrected chi connectivity index (χ3v) is 4.79. The Morgan fingerprint density at radius 3 is 2.36 bits per heavy atom. The van der Waals surface area contributed by atoms with Crippen LogP contribution in [0.15, 0.2) is 83.9 Å². The van der Waals surface area contributed by atoms with Crippen molar-refractivity contribution in [2.75, 3.05) is 5.75 Å². The van der Waals surface area contributed by atoms with Gasteiger partial charge in [-0.2, -0.15) is 5.23 Å². The van der Waals surface area contributed by atoms with E-state index in [0.717, 1.165) is 22.9 Å². The molecule has 3 aromatic carbocycles. The Kier molecular flexibility index (Phi) is 6.57. The fourth-order valence-corrected chi connectivity index (χ4v) is 3.19. The molecule has 6 nitrogen and oxygen atoms in total. The Balaban J connectivity index is 1.61. The molecule has 0 heterocycles. The highest BCUT2D eigenvalue weighted by atomic mass is 32.2. The lowest BCUT2D eigenvalue weighted by molar-refractivity contribution is -0.991. The zero-order chi connectivity index (χ0) is 19.9. The summed E-state index contributed by atoms with van der Waals surface area (Å²) in [6.07, 6.45) is 0. The van der Waals surface area contributed by atoms with Crippen LogP contribution in [0.4, 0.5) is 11.4 Å². The van der Waals surface area contributed by atoms with E-state index >= 15 is 0 Å². The minimum absolute atomic E-state index is 0.0537. The molecule has 4 N–H and O–H groups in total. The number of carbonyl (C=O) groups excluding carboxylic acids is 1. The van der Waals surface area contributed by atoms with Crippen molar-refractivity contribution in [2.45, 2.75) is 0 Å². The lowest BCUT2D eigenvalue weighted by Crippen LogP contribution is -2.99. The van der Waals surface area contributed by atoms with Gasteiger partial charge < -0.3 is 10.9 Å². The number of nitrogens with zero attached hydrogens (tertiary/aromatic N) is 1. The molecule has 0 aliphatic rings. The summed E-state index contributed by atoms with van der Waals surface area (Å²) in [5.41, 5.74) is 9.18. The number of benzene rings is 3. The fraction of sp³-hybridized carbons (Fsp3) is 0.0476. The maximum Gasteiger partial charge on any atom is 0.173 e. The minimum atomic E-state index is -1.03. The van der Waals surface area contributed by atoms with Crippen LogP contribution in [0.5, 0.6) is 0 Å². The van der Waals surface area contributed by atoms with Crippen LogP contribution in [0, 0.1) is 5.21 Å². The first-order chi connectivity index (χ1) is 13.5. The molecule has 0 bridgehead atoms. The summed E-state index contributed by atoms with van der Waals surface area (Å²) >= 11 is 1.12. The zero-order valence-corrected chi connectivity index (χ0v) is 15.7. The maximum atomic E-state index is 12.4. The first-order valence-electron chi connectivity index (χ1n) is 8.52. The highest BCUT2D eigenvalue weighted by Gasteiger charge is 2.08. The van der Waals surface area contributed by atoms with Crippen LogP contribution < -0.4 is 11.0 Å². The van der Waals surface area contributed by atoms with Gasteiger partial charge in [0.25, 0.3) is 0 Å². The van der Waals surface area contributed by atoms with Crippen molar-refractivity contribution in [3.63, 3.8) is 0 Å². The summed E-state index contributed by atoms with van der Waals surface area (Å²) in [4.78, 5) is 16.5. The summed E-state index contributed by atoms with van der Waals surface area (Å²) in [7, 11) is 0. The number of nitrogens with two attached hydrogens (primary N) is 1. The predicted octanol–water partition coefficient (Wildman–Crippen LogP) is 3.32. The highest BCUT2D eigenvalue weighted by molar-refractivity contribution is 8.14. The molecule has 3 aromatic rings. The monoisotopic (exact) mass is 393 g/mol. The molecule has 3 rings (SSSR count). The van der Waals surface area contributed by atoms with Crippen LogP contribution in [-0.2, 0) is 0 Å². The molecule has 0 fully saturated rings. The summed E-state index contributed by atoms with van der Waals surface area (Å²) in [5, 5.41) is 19.2. The summed E-state index contributed by atoms with van der Waals surface area (Å²) in [5.74, 6) is 0.0978. The number of ketones is 1. The van der Waals surface area contributed by atoms with E-state index in [1.807, 2.05) is 42.5 Å². The van der Waals surface area contributed by atoms with Gasteiger partial charge in [-0.3, -0.25) is 4.79 Å². The third-order valence-electron chi connectivity index (χ3n) is 4.00. The van der Waals surface area contributed by atoms with Crippen molar-refractivity contribution >= 4 is 34.1 Å². The smallest absolute Gasteiger partial charge is 0.173 e. The van der Waals surface area contributed by atoms with Crippen molar-refractivity contribution in [1.29, 1.82) is 0 Å². The number of rotatable bonds is 6. The standard InChI is InChI=1S/C21H19N3O3S/c22-21(23-18-7-4-8-19(13-18)24(26)27)28-14-20(25)17-11-9-16(10-12-17)15-5-2-1-3-6-15/h1-13,24,26H,14H2,(H2,22,23). The van der Waals surface area contributed by atoms with Gasteiger partial charge in [-0.15, -0.1) is 0 Å². The highest BCUT2D eigenvalue weighted by Crippen LogP contribution is 2.21. The van der Waals surface area contributed by atoms with E-state index in [2.05, 4.69) is 4.99 Å². The second kappa shape index (κ2) is 9.29. The molecule has 0 amide bonds. The number of carbonyl (C=O) groups is 1. The van der Waals surface area contributed by atoms with Crippen LogP contribution in [0.3, 0.4) is 0 Å². The molecule has 1 atom stereocenters. The van der Waals surface area contributed by atoms with Crippen molar-refractivity contribution < 1.29 is 15.2 Å². The number of thioether (sulfide) groups is 1. The molecular formula is C21H19N3O3S. The molecule has 0 saturated heterocycles. The number of nitrogens with one attached hydrogen (secondary N) is 1. The number of aliphatic imine (C=N–C) groups is 1. The van der Waals surface area contributed by atoms with E-state index in [0.29, 0.717) is 11.3 Å². The van der Waals surface area contributed by atoms with Crippen molar-refractivity contribution in [3.8, 4) is 11.1 Å². The minimum Gasteiger partial charge on any atom is -0.595 e. The average molecular weight is 393 g/mol. The van der Waals surface area contributed by atoms with E-state index in [1.54, 1.807) is 24.3 Å². The largest absolute Gasteiger partial charge is 0.595 e. The molecule has 0 aliphatic carbocycles. The summed E-state index contributed by atoms with van der Waals surface area (Å²) in [6.45, 7) is 0. The Labute approximate surface area is 166 Å². The van der Waals surface area contributed by atoms with Crippen molar-refractivity contribution in [1.82, 2.24) is 0 Å². The molecule has 0 aromatic heterocycles. The van der Waals surface area contributed by atoms with E-state index in [9.17, 15) is 10.0 Å². The van der Waals surface area contributed by atoms with Gasteiger partial charge in [0, 0.05) is 17.7 Å². The number of hydrogen-bond donors (Lipinski definition) is 3. The molecular weight excluding hydrogens is 374 g/mol. The second-order valence-corrected chi connectivity index (χ2v) is 6.96. The Bertz CT molecular complexity index is 974. The van der Waals surface area contributed by atoms with E-state index in [-0.39, 0.29) is 22.4 Å². The SMILES string of the molecule is NC(=Nc1cccc([NH+]([O-])O)c1)SCC(=O)c1ccc(-c2ccccc2)cc1. The lowest BCUT2D eigenvalue weighted by Gasteiger charge is -2.11. The first-order valence-corrected chi connectivity index (χ1v) is 9.50. The maximum absolute atomic E-state index is 12.4. The predicted molar refractivity (Wildman–Crippen MR) is 112 cm³/mol. The van der Waals surface area contributed by atoms with Gasteiger partial charge in [0.2, 0.25) is 0 Å². The molecule has 0 aliphatic heterocycles. The third kappa shape index (κ3) is 5.28. The van der Waals surface area contributed by atoms with Crippen LogP contribution in [-0.4, -0.2) is 21.9 Å². The second-order valence-electron chi connectivity index (χ2n) is 5.96. The molecule has 0 spiro atoms. The van der Waals surface area contributed by atoms with Gasteiger partial charge in [0.05, 0.1) is 11.4 Å². The van der Waals surface area contributed by atoms with Crippen LogP contribution in [0.1, 0.15) is 10.4 Å². The fourth-order valence-electron chi connectivity index (χ4n) is 2.57. The van der Waals surface area contributed by atoms with Crippen molar-refractivity contribution in [2.24, 2.45) is 10.7 Å². The van der Waals surface area contributed by atoms with Crippen LogP contribution in [0.25, 0.3) is 11.1 Å². The van der Waals surface area contributed by atoms with Gasteiger partial charge >= 0.3 is 0 Å².